The van der Waals surface area contributed by atoms with Crippen molar-refractivity contribution in [3.8, 4) is 17.2 Å². The Balaban J connectivity index is 1.43. The maximum Gasteiger partial charge on any atom is 0.276 e. The highest BCUT2D eigenvalue weighted by Gasteiger charge is 2.16. The average Bonchev–Trinajstić information content (AvgIpc) is 3.17. The van der Waals surface area contributed by atoms with Crippen LogP contribution >= 0.6 is 11.8 Å². The summed E-state index contributed by atoms with van der Waals surface area (Å²) in [5.74, 6) is 2.78. The van der Waals surface area contributed by atoms with E-state index in [-0.39, 0.29) is 5.82 Å². The third kappa shape index (κ3) is 5.62. The number of ether oxygens (including phenoxy) is 3. The number of benzene rings is 2. The molecule has 1 atom stereocenters. The average molecular weight is 390 g/mol. The molecule has 0 N–H and O–H groups in total. The van der Waals surface area contributed by atoms with Crippen molar-refractivity contribution >= 4 is 11.8 Å². The fourth-order valence-electron chi connectivity index (χ4n) is 2.17. The Hall–Kier alpha value is -2.74. The summed E-state index contributed by atoms with van der Waals surface area (Å²) < 4.78 is 34.9. The van der Waals surface area contributed by atoms with E-state index in [1.165, 1.54) is 23.9 Å². The Morgan fingerprint density at radius 1 is 1.00 bits per heavy atom. The SMILES string of the molecule is COc1ccc(OCCSc2nnc([C@@H](C)Oc3ccc(F)cc3)o2)cc1. The molecule has 0 aliphatic heterocycles. The smallest absolute Gasteiger partial charge is 0.276 e. The molecule has 1 heterocycles. The van der Waals surface area contributed by atoms with Crippen LogP contribution in [0.2, 0.25) is 0 Å². The summed E-state index contributed by atoms with van der Waals surface area (Å²) in [6, 6.07) is 13.2. The van der Waals surface area contributed by atoms with Gasteiger partial charge in [-0.15, -0.1) is 10.2 Å². The minimum absolute atomic E-state index is 0.316. The molecular formula is C19H19FN2O4S. The zero-order chi connectivity index (χ0) is 19.1. The predicted octanol–water partition coefficient (Wildman–Crippen LogP) is 4.53. The molecule has 0 bridgehead atoms. The molecule has 3 rings (SSSR count). The van der Waals surface area contributed by atoms with Gasteiger partial charge in [0.05, 0.1) is 13.7 Å². The van der Waals surface area contributed by atoms with Crippen molar-refractivity contribution in [3.63, 3.8) is 0 Å². The van der Waals surface area contributed by atoms with Crippen LogP contribution in [0.15, 0.2) is 58.2 Å². The number of rotatable bonds is 9. The first kappa shape index (κ1) is 19.0. The van der Waals surface area contributed by atoms with Gasteiger partial charge in [0.1, 0.15) is 23.1 Å². The minimum Gasteiger partial charge on any atom is -0.497 e. The largest absolute Gasteiger partial charge is 0.497 e. The van der Waals surface area contributed by atoms with Gasteiger partial charge >= 0.3 is 0 Å². The zero-order valence-corrected chi connectivity index (χ0v) is 15.7. The Morgan fingerprint density at radius 3 is 2.37 bits per heavy atom. The van der Waals surface area contributed by atoms with Gasteiger partial charge in [0.2, 0.25) is 0 Å². The Labute approximate surface area is 160 Å². The van der Waals surface area contributed by atoms with Crippen molar-refractivity contribution in [3.05, 3.63) is 60.2 Å². The van der Waals surface area contributed by atoms with Crippen molar-refractivity contribution in [2.45, 2.75) is 18.3 Å². The van der Waals surface area contributed by atoms with E-state index in [1.807, 2.05) is 24.3 Å². The van der Waals surface area contributed by atoms with Gasteiger partial charge in [-0.05, 0) is 55.5 Å². The summed E-state index contributed by atoms with van der Waals surface area (Å²) in [6.45, 7) is 2.29. The Morgan fingerprint density at radius 2 is 1.67 bits per heavy atom. The van der Waals surface area contributed by atoms with Gasteiger partial charge in [-0.25, -0.2) is 4.39 Å². The lowest BCUT2D eigenvalue weighted by Gasteiger charge is -2.10. The van der Waals surface area contributed by atoms with Crippen LogP contribution in [0.5, 0.6) is 17.2 Å². The number of thioether (sulfide) groups is 1. The van der Waals surface area contributed by atoms with Crippen LogP contribution in [0.25, 0.3) is 0 Å². The predicted molar refractivity (Wildman–Crippen MR) is 99.0 cm³/mol. The first-order chi connectivity index (χ1) is 13.1. The molecule has 0 aliphatic rings. The molecular weight excluding hydrogens is 371 g/mol. The summed E-state index contributed by atoms with van der Waals surface area (Å²) in [7, 11) is 1.62. The van der Waals surface area contributed by atoms with Crippen LogP contribution in [0, 0.1) is 5.82 Å². The van der Waals surface area contributed by atoms with Gasteiger partial charge < -0.3 is 18.6 Å². The second-order valence-corrected chi connectivity index (χ2v) is 6.54. The van der Waals surface area contributed by atoms with E-state index >= 15 is 0 Å². The molecule has 6 nitrogen and oxygen atoms in total. The lowest BCUT2D eigenvalue weighted by Crippen LogP contribution is -2.03. The number of methoxy groups -OCH3 is 1. The highest BCUT2D eigenvalue weighted by molar-refractivity contribution is 7.99. The summed E-state index contributed by atoms with van der Waals surface area (Å²) in [5, 5.41) is 8.43. The molecule has 1 aromatic heterocycles. The van der Waals surface area contributed by atoms with Crippen molar-refractivity contribution in [1.82, 2.24) is 10.2 Å². The molecule has 0 saturated carbocycles. The maximum absolute atomic E-state index is 12.9. The van der Waals surface area contributed by atoms with Gasteiger partial charge in [0.15, 0.2) is 6.10 Å². The molecule has 0 unspecified atom stereocenters. The van der Waals surface area contributed by atoms with Crippen LogP contribution in [0.1, 0.15) is 18.9 Å². The summed E-state index contributed by atoms with van der Waals surface area (Å²) in [6.07, 6.45) is -0.437. The van der Waals surface area contributed by atoms with Crippen molar-refractivity contribution in [1.29, 1.82) is 0 Å². The van der Waals surface area contributed by atoms with E-state index < -0.39 is 6.10 Å². The third-order valence-corrected chi connectivity index (χ3v) is 4.32. The van der Waals surface area contributed by atoms with Crippen LogP contribution in [0.3, 0.4) is 0 Å². The van der Waals surface area contributed by atoms with Gasteiger partial charge in [-0.2, -0.15) is 0 Å². The lowest BCUT2D eigenvalue weighted by molar-refractivity contribution is 0.181. The molecule has 8 heteroatoms. The molecule has 0 radical (unpaired) electrons. The summed E-state index contributed by atoms with van der Waals surface area (Å²) in [5.41, 5.74) is 0. The number of hydrogen-bond donors (Lipinski definition) is 0. The molecule has 27 heavy (non-hydrogen) atoms. The van der Waals surface area contributed by atoms with Crippen molar-refractivity contribution in [2.24, 2.45) is 0 Å². The third-order valence-electron chi connectivity index (χ3n) is 3.53. The van der Waals surface area contributed by atoms with Crippen LogP contribution in [-0.2, 0) is 0 Å². The number of aromatic nitrogens is 2. The highest BCUT2D eigenvalue weighted by Crippen LogP contribution is 2.24. The second-order valence-electron chi connectivity index (χ2n) is 5.49. The van der Waals surface area contributed by atoms with E-state index in [1.54, 1.807) is 26.2 Å². The van der Waals surface area contributed by atoms with Crippen LogP contribution in [0.4, 0.5) is 4.39 Å². The maximum atomic E-state index is 12.9. The Bertz CT molecular complexity index is 840. The molecule has 0 amide bonds. The molecule has 0 aliphatic carbocycles. The number of nitrogens with zero attached hydrogens (tertiary/aromatic N) is 2. The van der Waals surface area contributed by atoms with E-state index in [0.717, 1.165) is 11.5 Å². The first-order valence-corrected chi connectivity index (χ1v) is 9.28. The van der Waals surface area contributed by atoms with Gasteiger partial charge in [-0.1, -0.05) is 11.8 Å². The molecule has 142 valence electrons. The van der Waals surface area contributed by atoms with Crippen molar-refractivity contribution < 1.29 is 23.0 Å². The van der Waals surface area contributed by atoms with E-state index in [9.17, 15) is 4.39 Å². The molecule has 0 fully saturated rings. The standard InChI is InChI=1S/C19H19FN2O4S/c1-13(25-17-5-3-14(20)4-6-17)18-21-22-19(26-18)27-12-11-24-16-9-7-15(23-2)8-10-16/h3-10,13H,11-12H2,1-2H3/t13-/m1/s1. The molecule has 3 aromatic rings. The quantitative estimate of drug-likeness (QED) is 0.393. The lowest BCUT2D eigenvalue weighted by atomic mass is 10.3. The van der Waals surface area contributed by atoms with E-state index in [4.69, 9.17) is 18.6 Å². The Kier molecular flexibility index (Phi) is 6.54. The minimum atomic E-state index is -0.437. The van der Waals surface area contributed by atoms with Crippen molar-refractivity contribution in [2.75, 3.05) is 19.5 Å². The van der Waals surface area contributed by atoms with Gasteiger partial charge in [0.25, 0.3) is 11.1 Å². The van der Waals surface area contributed by atoms with Crippen LogP contribution < -0.4 is 14.2 Å². The first-order valence-electron chi connectivity index (χ1n) is 8.29. The monoisotopic (exact) mass is 390 g/mol. The van der Waals surface area contributed by atoms with E-state index in [0.29, 0.717) is 29.2 Å². The van der Waals surface area contributed by atoms with Crippen LogP contribution in [-0.4, -0.2) is 29.7 Å². The molecule has 2 aromatic carbocycles. The molecule has 0 saturated heterocycles. The number of halogens is 1. The van der Waals surface area contributed by atoms with E-state index in [2.05, 4.69) is 10.2 Å². The normalized spacial score (nSPS) is 11.8. The molecule has 0 spiro atoms. The summed E-state index contributed by atoms with van der Waals surface area (Å²) in [4.78, 5) is 0. The topological polar surface area (TPSA) is 66.6 Å². The summed E-state index contributed by atoms with van der Waals surface area (Å²) >= 11 is 1.40. The highest BCUT2D eigenvalue weighted by atomic mass is 32.2. The zero-order valence-electron chi connectivity index (χ0n) is 14.9. The number of hydrogen-bond acceptors (Lipinski definition) is 7. The second kappa shape index (κ2) is 9.27. The fourth-order valence-corrected chi connectivity index (χ4v) is 2.76. The fraction of sp³-hybridized carbons (Fsp3) is 0.263. The van der Waals surface area contributed by atoms with Gasteiger partial charge in [0, 0.05) is 5.75 Å². The van der Waals surface area contributed by atoms with Gasteiger partial charge in [-0.3, -0.25) is 0 Å².